The molecule has 2 aromatic carbocycles. The van der Waals surface area contributed by atoms with Crippen LogP contribution < -0.4 is 9.47 Å². The first-order valence-corrected chi connectivity index (χ1v) is 6.54. The van der Waals surface area contributed by atoms with E-state index in [1.807, 2.05) is 48.5 Å². The third-order valence-electron chi connectivity index (χ3n) is 2.99. The second-order valence-corrected chi connectivity index (χ2v) is 4.42. The quantitative estimate of drug-likeness (QED) is 0.800. The molecule has 0 saturated carbocycles. The molecule has 102 valence electrons. The van der Waals surface area contributed by atoms with E-state index in [2.05, 4.69) is 6.07 Å². The summed E-state index contributed by atoms with van der Waals surface area (Å²) < 4.78 is 11.1. The molecule has 0 atom stereocenters. The van der Waals surface area contributed by atoms with Gasteiger partial charge in [-0.1, -0.05) is 36.4 Å². The van der Waals surface area contributed by atoms with E-state index in [9.17, 15) is 0 Å². The molecule has 2 aromatic rings. The average molecular weight is 267 g/mol. The number of hydrogen-bond acceptors (Lipinski definition) is 3. The summed E-state index contributed by atoms with van der Waals surface area (Å²) in [7, 11) is 1.62. The molecular formula is C17H17NO2. The van der Waals surface area contributed by atoms with Crippen molar-refractivity contribution in [2.45, 2.75) is 19.4 Å². The lowest BCUT2D eigenvalue weighted by Gasteiger charge is -2.12. The Morgan fingerprint density at radius 2 is 1.80 bits per heavy atom. The molecule has 0 aliphatic heterocycles. The van der Waals surface area contributed by atoms with Crippen molar-refractivity contribution in [3.05, 3.63) is 59.7 Å². The largest absolute Gasteiger partial charge is 0.493 e. The van der Waals surface area contributed by atoms with Crippen LogP contribution in [-0.4, -0.2) is 7.11 Å². The maximum atomic E-state index is 8.64. The summed E-state index contributed by atoms with van der Waals surface area (Å²) in [4.78, 5) is 0. The van der Waals surface area contributed by atoms with Crippen LogP contribution in [0.4, 0.5) is 0 Å². The number of nitriles is 1. The minimum Gasteiger partial charge on any atom is -0.493 e. The lowest BCUT2D eigenvalue weighted by Crippen LogP contribution is -1.98. The third-order valence-corrected chi connectivity index (χ3v) is 2.99. The Morgan fingerprint density at radius 3 is 2.50 bits per heavy atom. The van der Waals surface area contributed by atoms with Crippen LogP contribution in [0.3, 0.4) is 0 Å². The Kier molecular flexibility index (Phi) is 5.02. The molecule has 0 fully saturated rings. The number of rotatable bonds is 6. The number of ether oxygens (including phenoxy) is 2. The number of methoxy groups -OCH3 is 1. The van der Waals surface area contributed by atoms with Crippen LogP contribution in [0.2, 0.25) is 0 Å². The van der Waals surface area contributed by atoms with Crippen LogP contribution in [0.25, 0.3) is 0 Å². The normalized spacial score (nSPS) is 9.80. The standard InChI is InChI=1S/C17H17NO2/c1-19-16-10-9-14(8-5-11-18)12-17(16)20-13-15-6-3-2-4-7-15/h2-4,6-7,9-10,12H,5,8,13H2,1H3. The molecule has 0 aliphatic carbocycles. The topological polar surface area (TPSA) is 42.2 Å². The van der Waals surface area contributed by atoms with Crippen LogP contribution in [0.1, 0.15) is 17.5 Å². The highest BCUT2D eigenvalue weighted by atomic mass is 16.5. The first kappa shape index (κ1) is 14.0. The van der Waals surface area contributed by atoms with Crippen molar-refractivity contribution in [3.63, 3.8) is 0 Å². The van der Waals surface area contributed by atoms with Crippen molar-refractivity contribution in [1.29, 1.82) is 5.26 Å². The van der Waals surface area contributed by atoms with Gasteiger partial charge in [0.15, 0.2) is 11.5 Å². The predicted molar refractivity (Wildman–Crippen MR) is 77.7 cm³/mol. The summed E-state index contributed by atoms with van der Waals surface area (Å²) in [6, 6.07) is 17.9. The van der Waals surface area contributed by atoms with Crippen molar-refractivity contribution >= 4 is 0 Å². The lowest BCUT2D eigenvalue weighted by atomic mass is 10.1. The van der Waals surface area contributed by atoms with Gasteiger partial charge < -0.3 is 9.47 Å². The molecule has 2 rings (SSSR count). The average Bonchev–Trinajstić information content (AvgIpc) is 2.52. The fourth-order valence-electron chi connectivity index (χ4n) is 1.92. The van der Waals surface area contributed by atoms with Gasteiger partial charge in [0.05, 0.1) is 13.2 Å². The molecule has 0 saturated heterocycles. The lowest BCUT2D eigenvalue weighted by molar-refractivity contribution is 0.284. The van der Waals surface area contributed by atoms with Gasteiger partial charge >= 0.3 is 0 Å². The Labute approximate surface area is 119 Å². The molecule has 0 radical (unpaired) electrons. The molecule has 0 amide bonds. The van der Waals surface area contributed by atoms with Crippen LogP contribution in [0, 0.1) is 11.3 Å². The summed E-state index contributed by atoms with van der Waals surface area (Å²) in [5, 5.41) is 8.64. The first-order chi connectivity index (χ1) is 9.83. The predicted octanol–water partition coefficient (Wildman–Crippen LogP) is 3.73. The van der Waals surface area contributed by atoms with Gasteiger partial charge in [-0.2, -0.15) is 5.26 Å². The zero-order valence-corrected chi connectivity index (χ0v) is 11.5. The van der Waals surface area contributed by atoms with E-state index in [0.717, 1.165) is 17.5 Å². The molecule has 0 N–H and O–H groups in total. The highest BCUT2D eigenvalue weighted by Gasteiger charge is 2.06. The molecule has 20 heavy (non-hydrogen) atoms. The minimum absolute atomic E-state index is 0.499. The Morgan fingerprint density at radius 1 is 1.00 bits per heavy atom. The van der Waals surface area contributed by atoms with Crippen LogP contribution >= 0.6 is 0 Å². The van der Waals surface area contributed by atoms with E-state index < -0.39 is 0 Å². The van der Waals surface area contributed by atoms with Crippen molar-refractivity contribution in [3.8, 4) is 17.6 Å². The number of aryl methyl sites for hydroxylation is 1. The Bertz CT molecular complexity index is 588. The molecule has 0 heterocycles. The smallest absolute Gasteiger partial charge is 0.161 e. The highest BCUT2D eigenvalue weighted by Crippen LogP contribution is 2.29. The van der Waals surface area contributed by atoms with Gasteiger partial charge in [-0.25, -0.2) is 0 Å². The molecule has 0 unspecified atom stereocenters. The van der Waals surface area contributed by atoms with Crippen LogP contribution in [-0.2, 0) is 13.0 Å². The monoisotopic (exact) mass is 267 g/mol. The van der Waals surface area contributed by atoms with Crippen molar-refractivity contribution in [2.75, 3.05) is 7.11 Å². The minimum atomic E-state index is 0.499. The Hall–Kier alpha value is -2.47. The molecule has 3 nitrogen and oxygen atoms in total. The van der Waals surface area contributed by atoms with Gasteiger partial charge in [0, 0.05) is 6.42 Å². The van der Waals surface area contributed by atoms with Gasteiger partial charge in [0.1, 0.15) is 6.61 Å². The summed E-state index contributed by atoms with van der Waals surface area (Å²) in [5.74, 6) is 1.42. The fourth-order valence-corrected chi connectivity index (χ4v) is 1.92. The number of benzene rings is 2. The van der Waals surface area contributed by atoms with E-state index >= 15 is 0 Å². The molecule has 0 aliphatic rings. The van der Waals surface area contributed by atoms with Gasteiger partial charge in [-0.05, 0) is 29.7 Å². The van der Waals surface area contributed by atoms with E-state index in [1.165, 1.54) is 0 Å². The van der Waals surface area contributed by atoms with Crippen LogP contribution in [0.15, 0.2) is 48.5 Å². The molecule has 0 aromatic heterocycles. The summed E-state index contributed by atoms with van der Waals surface area (Å²) in [6.45, 7) is 0.499. The van der Waals surface area contributed by atoms with E-state index in [4.69, 9.17) is 14.7 Å². The molecule has 0 bridgehead atoms. The maximum absolute atomic E-state index is 8.64. The zero-order chi connectivity index (χ0) is 14.2. The summed E-state index contributed by atoms with van der Waals surface area (Å²) in [5.41, 5.74) is 2.19. The van der Waals surface area contributed by atoms with Gasteiger partial charge in [-0.3, -0.25) is 0 Å². The SMILES string of the molecule is COc1ccc(CCC#N)cc1OCc1ccccc1. The van der Waals surface area contributed by atoms with E-state index in [1.54, 1.807) is 7.11 Å². The van der Waals surface area contributed by atoms with Gasteiger partial charge in [0.25, 0.3) is 0 Å². The first-order valence-electron chi connectivity index (χ1n) is 6.54. The number of nitrogens with zero attached hydrogens (tertiary/aromatic N) is 1. The van der Waals surface area contributed by atoms with Gasteiger partial charge in [0.2, 0.25) is 0 Å². The second kappa shape index (κ2) is 7.20. The number of hydrogen-bond donors (Lipinski definition) is 0. The zero-order valence-electron chi connectivity index (χ0n) is 11.5. The van der Waals surface area contributed by atoms with Gasteiger partial charge in [-0.15, -0.1) is 0 Å². The fraction of sp³-hybridized carbons (Fsp3) is 0.235. The van der Waals surface area contributed by atoms with Crippen molar-refractivity contribution in [1.82, 2.24) is 0 Å². The Balaban J connectivity index is 2.10. The second-order valence-electron chi connectivity index (χ2n) is 4.42. The van der Waals surface area contributed by atoms with E-state index in [-0.39, 0.29) is 0 Å². The molecular weight excluding hydrogens is 250 g/mol. The maximum Gasteiger partial charge on any atom is 0.161 e. The summed E-state index contributed by atoms with van der Waals surface area (Å²) >= 11 is 0. The van der Waals surface area contributed by atoms with Crippen LogP contribution in [0.5, 0.6) is 11.5 Å². The van der Waals surface area contributed by atoms with Crippen molar-refractivity contribution < 1.29 is 9.47 Å². The highest BCUT2D eigenvalue weighted by molar-refractivity contribution is 5.43. The van der Waals surface area contributed by atoms with E-state index in [0.29, 0.717) is 24.5 Å². The third kappa shape index (κ3) is 3.76. The molecule has 3 heteroatoms. The summed E-state index contributed by atoms with van der Waals surface area (Å²) in [6.07, 6.45) is 1.23. The molecule has 0 spiro atoms. The van der Waals surface area contributed by atoms with Crippen molar-refractivity contribution in [2.24, 2.45) is 0 Å².